The molecule has 0 saturated carbocycles. The lowest BCUT2D eigenvalue weighted by Crippen LogP contribution is -2.14. The highest BCUT2D eigenvalue weighted by molar-refractivity contribution is 7.22. The number of thiazole rings is 1. The predicted molar refractivity (Wildman–Crippen MR) is 190 cm³/mol. The van der Waals surface area contributed by atoms with Gasteiger partial charge >= 0.3 is 0 Å². The molecule has 2 heterocycles. The number of nitrogens with zero attached hydrogens (tertiary/aromatic N) is 4. The van der Waals surface area contributed by atoms with Crippen molar-refractivity contribution in [3.05, 3.63) is 145 Å². The highest BCUT2D eigenvalue weighted by Gasteiger charge is 2.35. The van der Waals surface area contributed by atoms with Crippen LogP contribution in [0.4, 0.5) is 0 Å². The lowest BCUT2D eigenvalue weighted by Gasteiger charge is -2.21. The minimum atomic E-state index is -0.0582. The van der Waals surface area contributed by atoms with E-state index in [2.05, 4.69) is 123 Å². The second-order valence-electron chi connectivity index (χ2n) is 12.3. The lowest BCUT2D eigenvalue weighted by molar-refractivity contribution is 0.660. The van der Waals surface area contributed by atoms with Gasteiger partial charge in [-0.2, -0.15) is 0 Å². The maximum atomic E-state index is 5.12. The summed E-state index contributed by atoms with van der Waals surface area (Å²) in [6, 6.07) is 46.6. The molecule has 0 spiro atoms. The summed E-state index contributed by atoms with van der Waals surface area (Å²) < 4.78 is 1.16. The number of rotatable bonds is 4. The zero-order valence-corrected chi connectivity index (χ0v) is 26.2. The molecule has 1 aliphatic rings. The van der Waals surface area contributed by atoms with E-state index in [0.717, 1.165) is 48.3 Å². The van der Waals surface area contributed by atoms with Gasteiger partial charge in [0.15, 0.2) is 17.5 Å². The van der Waals surface area contributed by atoms with E-state index < -0.39 is 0 Å². The highest BCUT2D eigenvalue weighted by atomic mass is 32.1. The molecule has 5 heteroatoms. The van der Waals surface area contributed by atoms with Gasteiger partial charge in [0.05, 0.1) is 10.2 Å². The van der Waals surface area contributed by atoms with Gasteiger partial charge in [-0.1, -0.05) is 129 Å². The van der Waals surface area contributed by atoms with Gasteiger partial charge in [0.1, 0.15) is 5.01 Å². The summed E-state index contributed by atoms with van der Waals surface area (Å²) in [4.78, 5) is 20.2. The van der Waals surface area contributed by atoms with Crippen LogP contribution in [0.3, 0.4) is 0 Å². The smallest absolute Gasteiger partial charge is 0.164 e. The third-order valence-corrected chi connectivity index (χ3v) is 10.3. The molecule has 2 aromatic heterocycles. The van der Waals surface area contributed by atoms with E-state index >= 15 is 0 Å². The van der Waals surface area contributed by atoms with E-state index in [4.69, 9.17) is 19.9 Å². The number of hydrogen-bond donors (Lipinski definition) is 0. The summed E-state index contributed by atoms with van der Waals surface area (Å²) >= 11 is 1.73. The van der Waals surface area contributed by atoms with Crippen molar-refractivity contribution in [1.29, 1.82) is 0 Å². The number of aromatic nitrogens is 4. The van der Waals surface area contributed by atoms with Crippen LogP contribution >= 0.6 is 11.3 Å². The van der Waals surface area contributed by atoms with E-state index in [-0.39, 0.29) is 5.41 Å². The Hall–Kier alpha value is -5.52. The summed E-state index contributed by atoms with van der Waals surface area (Å²) in [6.45, 7) is 4.60. The molecule has 1 aliphatic carbocycles. The van der Waals surface area contributed by atoms with Crippen LogP contribution in [0.1, 0.15) is 25.0 Å². The summed E-state index contributed by atoms with van der Waals surface area (Å²) in [5.41, 5.74) is 10.1. The molecule has 0 atom stereocenters. The van der Waals surface area contributed by atoms with Gasteiger partial charge in [0.2, 0.25) is 0 Å². The van der Waals surface area contributed by atoms with Gasteiger partial charge in [0.25, 0.3) is 0 Å². The van der Waals surface area contributed by atoms with Crippen molar-refractivity contribution < 1.29 is 0 Å². The Kier molecular flexibility index (Phi) is 5.99. The molecule has 8 aromatic rings. The van der Waals surface area contributed by atoms with Gasteiger partial charge in [0, 0.05) is 33.1 Å². The van der Waals surface area contributed by atoms with Crippen LogP contribution < -0.4 is 0 Å². The van der Waals surface area contributed by atoms with Crippen LogP contribution in [0.2, 0.25) is 0 Å². The number of hydrogen-bond acceptors (Lipinski definition) is 5. The summed E-state index contributed by atoms with van der Waals surface area (Å²) in [5, 5.41) is 3.33. The molecule has 0 saturated heterocycles. The zero-order chi connectivity index (χ0) is 30.8. The first-order valence-corrected chi connectivity index (χ1v) is 16.3. The lowest BCUT2D eigenvalue weighted by atomic mass is 9.82. The van der Waals surface area contributed by atoms with E-state index in [1.807, 2.05) is 24.3 Å². The van der Waals surface area contributed by atoms with Crippen molar-refractivity contribution in [3.8, 4) is 55.9 Å². The average Bonchev–Trinajstić information content (AvgIpc) is 3.66. The zero-order valence-electron chi connectivity index (χ0n) is 25.4. The molecular weight excluding hydrogens is 581 g/mol. The third kappa shape index (κ3) is 4.27. The van der Waals surface area contributed by atoms with Crippen molar-refractivity contribution in [1.82, 2.24) is 19.9 Å². The molecule has 0 fully saturated rings. The average molecular weight is 609 g/mol. The van der Waals surface area contributed by atoms with E-state index in [1.54, 1.807) is 11.3 Å². The standard InChI is InChI=1S/C41H28N4S/c1-41(2)33-16-10-9-15-30(33)32-24-29(19-21-34(32)41)39-44-37(26-11-5-3-6-12-26)43-38(45-39)28-18-17-25-20-22-35-36(31(25)23-28)46-40(42-35)27-13-7-4-8-14-27/h3-24H,1-2H3. The molecule has 218 valence electrons. The van der Waals surface area contributed by atoms with Crippen LogP contribution in [0.25, 0.3) is 76.9 Å². The Bertz CT molecular complexity index is 2450. The first-order valence-electron chi connectivity index (χ1n) is 15.5. The van der Waals surface area contributed by atoms with E-state index in [1.165, 1.54) is 22.3 Å². The SMILES string of the molecule is CC1(C)c2ccccc2-c2cc(-c3nc(-c4ccccc4)nc(-c4ccc5ccc6nc(-c7ccccc7)sc6c5c4)n3)ccc21. The van der Waals surface area contributed by atoms with Crippen molar-refractivity contribution >= 4 is 32.3 Å². The molecule has 46 heavy (non-hydrogen) atoms. The monoisotopic (exact) mass is 608 g/mol. The number of benzene rings is 6. The molecule has 6 aromatic carbocycles. The van der Waals surface area contributed by atoms with Crippen LogP contribution in [0.5, 0.6) is 0 Å². The molecule has 0 N–H and O–H groups in total. The van der Waals surface area contributed by atoms with Gasteiger partial charge in [-0.05, 0) is 45.8 Å². The largest absolute Gasteiger partial charge is 0.236 e. The van der Waals surface area contributed by atoms with Crippen LogP contribution in [0.15, 0.2) is 133 Å². The number of fused-ring (bicyclic) bond motifs is 6. The molecule has 0 unspecified atom stereocenters. The second-order valence-corrected chi connectivity index (χ2v) is 13.3. The summed E-state index contributed by atoms with van der Waals surface area (Å²) in [6.07, 6.45) is 0. The normalized spacial score (nSPS) is 13.2. The van der Waals surface area contributed by atoms with E-state index in [0.29, 0.717) is 17.5 Å². The van der Waals surface area contributed by atoms with Gasteiger partial charge < -0.3 is 0 Å². The third-order valence-electron chi connectivity index (χ3n) is 9.16. The van der Waals surface area contributed by atoms with Crippen molar-refractivity contribution in [3.63, 3.8) is 0 Å². The fraction of sp³-hybridized carbons (Fsp3) is 0.0732. The second kappa shape index (κ2) is 10.3. The molecular formula is C41H28N4S. The molecule has 4 nitrogen and oxygen atoms in total. The van der Waals surface area contributed by atoms with Crippen molar-refractivity contribution in [2.45, 2.75) is 19.3 Å². The van der Waals surface area contributed by atoms with Crippen LogP contribution in [0, 0.1) is 0 Å². The van der Waals surface area contributed by atoms with Gasteiger partial charge in [-0.15, -0.1) is 11.3 Å². The topological polar surface area (TPSA) is 51.6 Å². The molecule has 0 bridgehead atoms. The Morgan fingerprint density at radius 2 is 1.07 bits per heavy atom. The predicted octanol–water partition coefficient (Wildman–Crippen LogP) is 10.6. The van der Waals surface area contributed by atoms with Gasteiger partial charge in [-0.25, -0.2) is 19.9 Å². The summed E-state index contributed by atoms with van der Waals surface area (Å²) in [7, 11) is 0. The fourth-order valence-corrected chi connectivity index (χ4v) is 7.85. The van der Waals surface area contributed by atoms with E-state index in [9.17, 15) is 0 Å². The summed E-state index contributed by atoms with van der Waals surface area (Å²) in [5.74, 6) is 1.97. The molecule has 0 radical (unpaired) electrons. The minimum Gasteiger partial charge on any atom is -0.236 e. The quantitative estimate of drug-likeness (QED) is 0.199. The highest BCUT2D eigenvalue weighted by Crippen LogP contribution is 2.49. The molecule has 0 aliphatic heterocycles. The molecule has 9 rings (SSSR count). The fourth-order valence-electron chi connectivity index (χ4n) is 6.76. The van der Waals surface area contributed by atoms with Crippen molar-refractivity contribution in [2.75, 3.05) is 0 Å². The molecule has 0 amide bonds. The Balaban J connectivity index is 1.22. The van der Waals surface area contributed by atoms with Crippen molar-refractivity contribution in [2.24, 2.45) is 0 Å². The van der Waals surface area contributed by atoms with Gasteiger partial charge in [-0.3, -0.25) is 0 Å². The Morgan fingerprint density at radius 1 is 0.478 bits per heavy atom. The Labute approximate surface area is 271 Å². The first-order chi connectivity index (χ1) is 22.5. The van der Waals surface area contributed by atoms with Crippen LogP contribution in [-0.2, 0) is 5.41 Å². The minimum absolute atomic E-state index is 0.0582. The first kappa shape index (κ1) is 26.8. The van der Waals surface area contributed by atoms with Crippen LogP contribution in [-0.4, -0.2) is 19.9 Å². The Morgan fingerprint density at radius 3 is 1.83 bits per heavy atom. The maximum Gasteiger partial charge on any atom is 0.164 e. The maximum absolute atomic E-state index is 5.12.